The number of benzene rings is 1. The van der Waals surface area contributed by atoms with Crippen LogP contribution in [-0.2, 0) is 6.42 Å². The van der Waals surface area contributed by atoms with Gasteiger partial charge in [-0.1, -0.05) is 31.5 Å². The zero-order valence-corrected chi connectivity index (χ0v) is 8.16. The van der Waals surface area contributed by atoms with Gasteiger partial charge in [0.1, 0.15) is 0 Å². The van der Waals surface area contributed by atoms with Gasteiger partial charge in [-0.05, 0) is 24.5 Å². The first-order valence-corrected chi connectivity index (χ1v) is 5.09. The minimum absolute atomic E-state index is 1.11. The fraction of sp³-hybridized carbons (Fsp3) is 0.417. The lowest BCUT2D eigenvalue weighted by molar-refractivity contribution is 0.768. The van der Waals surface area contributed by atoms with Gasteiger partial charge in [0.2, 0.25) is 0 Å². The smallest absolute Gasteiger partial charge is 0.0537 e. The van der Waals surface area contributed by atoms with Crippen molar-refractivity contribution in [1.82, 2.24) is 0 Å². The predicted octanol–water partition coefficient (Wildman–Crippen LogP) is 3.01. The normalized spacial score (nSPS) is 14.7. The van der Waals surface area contributed by atoms with Crippen LogP contribution in [0.5, 0.6) is 0 Å². The summed E-state index contributed by atoms with van der Waals surface area (Å²) in [6.45, 7) is 5.72. The number of para-hydroxylation sites is 1. The SMILES string of the molecule is CCCCN1[CH]Cc2ccccc21. The van der Waals surface area contributed by atoms with E-state index in [1.165, 1.54) is 30.6 Å². The summed E-state index contributed by atoms with van der Waals surface area (Å²) in [4.78, 5) is 2.39. The van der Waals surface area contributed by atoms with E-state index in [2.05, 4.69) is 42.6 Å². The molecule has 0 atom stereocenters. The van der Waals surface area contributed by atoms with E-state index < -0.39 is 0 Å². The number of anilines is 1. The molecule has 0 N–H and O–H groups in total. The van der Waals surface area contributed by atoms with Crippen molar-refractivity contribution in [3.05, 3.63) is 36.4 Å². The summed E-state index contributed by atoms with van der Waals surface area (Å²) in [6.07, 6.45) is 3.66. The Kier molecular flexibility index (Phi) is 2.53. The first-order valence-electron chi connectivity index (χ1n) is 5.09. The summed E-state index contributed by atoms with van der Waals surface area (Å²) in [7, 11) is 0. The number of fused-ring (bicyclic) bond motifs is 1. The van der Waals surface area contributed by atoms with E-state index in [4.69, 9.17) is 0 Å². The van der Waals surface area contributed by atoms with Gasteiger partial charge in [0.15, 0.2) is 0 Å². The predicted molar refractivity (Wildman–Crippen MR) is 56.7 cm³/mol. The molecule has 0 unspecified atom stereocenters. The molecule has 1 heterocycles. The van der Waals surface area contributed by atoms with E-state index in [1.807, 2.05) is 0 Å². The standard InChI is InChI=1S/C12H16N/c1-2-3-9-13-10-8-11-6-4-5-7-12(11)13/h4-7,10H,2-3,8-9H2,1H3. The van der Waals surface area contributed by atoms with Crippen LogP contribution in [0.25, 0.3) is 0 Å². The van der Waals surface area contributed by atoms with E-state index in [1.54, 1.807) is 0 Å². The van der Waals surface area contributed by atoms with Crippen LogP contribution in [0.15, 0.2) is 24.3 Å². The van der Waals surface area contributed by atoms with Gasteiger partial charge in [0.05, 0.1) is 6.54 Å². The zero-order valence-electron chi connectivity index (χ0n) is 8.16. The van der Waals surface area contributed by atoms with Crippen molar-refractivity contribution in [2.45, 2.75) is 26.2 Å². The average Bonchev–Trinajstić information content (AvgIpc) is 2.58. The Morgan fingerprint density at radius 3 is 3.00 bits per heavy atom. The molecule has 0 bridgehead atoms. The number of hydrogen-bond donors (Lipinski definition) is 0. The van der Waals surface area contributed by atoms with Crippen LogP contribution >= 0.6 is 0 Å². The number of rotatable bonds is 3. The molecule has 0 amide bonds. The number of nitrogens with zero attached hydrogens (tertiary/aromatic N) is 1. The second-order valence-electron chi connectivity index (χ2n) is 3.56. The molecular formula is C12H16N. The molecule has 0 spiro atoms. The molecule has 0 fully saturated rings. The van der Waals surface area contributed by atoms with Crippen LogP contribution in [0, 0.1) is 6.54 Å². The molecule has 0 aromatic heterocycles. The molecule has 1 aromatic rings. The maximum atomic E-state index is 2.39. The highest BCUT2D eigenvalue weighted by molar-refractivity contribution is 5.60. The third-order valence-corrected chi connectivity index (χ3v) is 2.59. The van der Waals surface area contributed by atoms with Gasteiger partial charge >= 0.3 is 0 Å². The van der Waals surface area contributed by atoms with Gasteiger partial charge in [-0.2, -0.15) is 0 Å². The van der Waals surface area contributed by atoms with E-state index in [-0.39, 0.29) is 0 Å². The maximum Gasteiger partial charge on any atom is 0.0537 e. The van der Waals surface area contributed by atoms with Crippen molar-refractivity contribution in [3.63, 3.8) is 0 Å². The fourth-order valence-corrected chi connectivity index (χ4v) is 1.81. The summed E-state index contributed by atoms with van der Waals surface area (Å²) >= 11 is 0. The van der Waals surface area contributed by atoms with Crippen LogP contribution in [0.4, 0.5) is 5.69 Å². The highest BCUT2D eigenvalue weighted by Crippen LogP contribution is 2.29. The number of unbranched alkanes of at least 4 members (excludes halogenated alkanes) is 1. The molecule has 69 valence electrons. The molecule has 1 aromatic carbocycles. The molecule has 1 radical (unpaired) electrons. The molecule has 1 nitrogen and oxygen atoms in total. The monoisotopic (exact) mass is 174 g/mol. The van der Waals surface area contributed by atoms with Crippen LogP contribution in [0.2, 0.25) is 0 Å². The number of hydrogen-bond acceptors (Lipinski definition) is 1. The average molecular weight is 174 g/mol. The highest BCUT2D eigenvalue weighted by atomic mass is 15.1. The summed E-state index contributed by atoms with van der Waals surface area (Å²) in [5, 5.41) is 0. The molecular weight excluding hydrogens is 158 g/mol. The van der Waals surface area contributed by atoms with Crippen molar-refractivity contribution in [3.8, 4) is 0 Å². The zero-order chi connectivity index (χ0) is 9.10. The first-order chi connectivity index (χ1) is 6.42. The molecule has 1 heteroatoms. The van der Waals surface area contributed by atoms with Gasteiger partial charge < -0.3 is 4.90 Å². The lowest BCUT2D eigenvalue weighted by atomic mass is 10.2. The minimum Gasteiger partial charge on any atom is -0.366 e. The molecule has 1 aliphatic rings. The Hall–Kier alpha value is -0.980. The Morgan fingerprint density at radius 2 is 2.15 bits per heavy atom. The molecule has 2 rings (SSSR count). The Labute approximate surface area is 80.4 Å². The second-order valence-corrected chi connectivity index (χ2v) is 3.56. The van der Waals surface area contributed by atoms with Gasteiger partial charge in [0, 0.05) is 12.2 Å². The molecule has 0 saturated heterocycles. The minimum atomic E-state index is 1.11. The Bertz CT molecular complexity index is 280. The van der Waals surface area contributed by atoms with Crippen LogP contribution < -0.4 is 4.90 Å². The van der Waals surface area contributed by atoms with Gasteiger partial charge in [-0.25, -0.2) is 0 Å². The van der Waals surface area contributed by atoms with Gasteiger partial charge in [0.25, 0.3) is 0 Å². The van der Waals surface area contributed by atoms with Crippen LogP contribution in [0.3, 0.4) is 0 Å². The van der Waals surface area contributed by atoms with Crippen molar-refractivity contribution in [2.75, 3.05) is 11.4 Å². The summed E-state index contributed by atoms with van der Waals surface area (Å²) in [5.41, 5.74) is 2.88. The maximum absolute atomic E-state index is 2.39. The highest BCUT2D eigenvalue weighted by Gasteiger charge is 2.17. The van der Waals surface area contributed by atoms with E-state index in [0.29, 0.717) is 0 Å². The topological polar surface area (TPSA) is 3.24 Å². The molecule has 13 heavy (non-hydrogen) atoms. The summed E-state index contributed by atoms with van der Waals surface area (Å²) < 4.78 is 0. The fourth-order valence-electron chi connectivity index (χ4n) is 1.81. The lowest BCUT2D eigenvalue weighted by Crippen LogP contribution is -2.17. The quantitative estimate of drug-likeness (QED) is 0.681. The van der Waals surface area contributed by atoms with Gasteiger partial charge in [-0.15, -0.1) is 0 Å². The van der Waals surface area contributed by atoms with Crippen molar-refractivity contribution >= 4 is 5.69 Å². The largest absolute Gasteiger partial charge is 0.366 e. The van der Waals surface area contributed by atoms with Crippen molar-refractivity contribution < 1.29 is 0 Å². The third kappa shape index (κ3) is 1.69. The Morgan fingerprint density at radius 1 is 1.31 bits per heavy atom. The van der Waals surface area contributed by atoms with E-state index in [0.717, 1.165) is 6.42 Å². The third-order valence-electron chi connectivity index (χ3n) is 2.59. The first kappa shape index (κ1) is 8.61. The van der Waals surface area contributed by atoms with Crippen LogP contribution in [0.1, 0.15) is 25.3 Å². The van der Waals surface area contributed by atoms with E-state index in [9.17, 15) is 0 Å². The Balaban J connectivity index is 2.09. The second kappa shape index (κ2) is 3.82. The van der Waals surface area contributed by atoms with Crippen molar-refractivity contribution in [1.29, 1.82) is 0 Å². The lowest BCUT2D eigenvalue weighted by Gasteiger charge is -2.17. The molecule has 0 saturated carbocycles. The van der Waals surface area contributed by atoms with Crippen molar-refractivity contribution in [2.24, 2.45) is 0 Å². The summed E-state index contributed by atoms with van der Waals surface area (Å²) in [6, 6.07) is 8.68. The molecule has 1 aliphatic heterocycles. The summed E-state index contributed by atoms with van der Waals surface area (Å²) in [5.74, 6) is 0. The van der Waals surface area contributed by atoms with Gasteiger partial charge in [-0.3, -0.25) is 0 Å². The molecule has 0 aliphatic carbocycles. The van der Waals surface area contributed by atoms with E-state index >= 15 is 0 Å². The van der Waals surface area contributed by atoms with Crippen LogP contribution in [-0.4, -0.2) is 6.54 Å².